The van der Waals surface area contributed by atoms with Gasteiger partial charge in [-0.2, -0.15) is 0 Å². The van der Waals surface area contributed by atoms with E-state index in [4.69, 9.17) is 0 Å². The molecular weight excluding hydrogens is 544 g/mol. The van der Waals surface area contributed by atoms with Crippen LogP contribution in [0.4, 0.5) is 22.7 Å². The Hall–Kier alpha value is -5.34. The fourth-order valence-corrected chi connectivity index (χ4v) is 5.92. The molecule has 6 rings (SSSR count). The zero-order chi connectivity index (χ0) is 31.0. The first-order chi connectivity index (χ1) is 22.1. The van der Waals surface area contributed by atoms with Gasteiger partial charge in [-0.15, -0.1) is 0 Å². The third-order valence-corrected chi connectivity index (χ3v) is 8.51. The second-order valence-electron chi connectivity index (χ2n) is 11.3. The fourth-order valence-electron chi connectivity index (χ4n) is 5.92. The summed E-state index contributed by atoms with van der Waals surface area (Å²) in [6, 6.07) is 56.4. The van der Waals surface area contributed by atoms with Crippen molar-refractivity contribution in [3.63, 3.8) is 0 Å². The van der Waals surface area contributed by atoms with Gasteiger partial charge in [0.2, 0.25) is 0 Å². The van der Waals surface area contributed by atoms with Crippen LogP contribution in [0.25, 0.3) is 28.3 Å². The average molecular weight is 585 g/mol. The summed E-state index contributed by atoms with van der Waals surface area (Å²) < 4.78 is 0. The van der Waals surface area contributed by atoms with Crippen LogP contribution in [-0.4, -0.2) is 7.05 Å². The van der Waals surface area contributed by atoms with E-state index in [-0.39, 0.29) is 0 Å². The summed E-state index contributed by atoms with van der Waals surface area (Å²) in [5.74, 6) is 0. The van der Waals surface area contributed by atoms with Crippen molar-refractivity contribution in [3.8, 4) is 22.3 Å². The maximum Gasteiger partial charge on any atom is 0.0462 e. The third kappa shape index (κ3) is 6.76. The third-order valence-electron chi connectivity index (χ3n) is 8.51. The number of anilines is 4. The van der Waals surface area contributed by atoms with E-state index in [1.165, 1.54) is 44.8 Å². The molecule has 0 radical (unpaired) electrons. The van der Waals surface area contributed by atoms with Gasteiger partial charge in [-0.05, 0) is 101 Å². The van der Waals surface area contributed by atoms with Crippen molar-refractivity contribution in [3.05, 3.63) is 175 Å². The van der Waals surface area contributed by atoms with Crippen LogP contribution < -0.4 is 9.80 Å². The van der Waals surface area contributed by atoms with Gasteiger partial charge in [0.15, 0.2) is 0 Å². The molecule has 6 aromatic rings. The molecule has 0 fully saturated rings. The lowest BCUT2D eigenvalue weighted by molar-refractivity contribution is 0.987. The second-order valence-corrected chi connectivity index (χ2v) is 11.3. The molecule has 0 aromatic heterocycles. The molecule has 45 heavy (non-hydrogen) atoms. The lowest BCUT2D eigenvalue weighted by Gasteiger charge is -2.26. The van der Waals surface area contributed by atoms with E-state index in [2.05, 4.69) is 194 Å². The summed E-state index contributed by atoms with van der Waals surface area (Å²) in [5, 5.41) is 0. The summed E-state index contributed by atoms with van der Waals surface area (Å²) >= 11 is 0. The molecule has 0 N–H and O–H groups in total. The molecule has 0 unspecified atom stereocenters. The van der Waals surface area contributed by atoms with Gasteiger partial charge in [-0.25, -0.2) is 0 Å². The Balaban J connectivity index is 1.24. The molecular formula is C43H40N2. The molecule has 0 amide bonds. The second kappa shape index (κ2) is 14.0. The van der Waals surface area contributed by atoms with Gasteiger partial charge in [0.05, 0.1) is 0 Å². The Labute approximate surface area is 268 Å². The largest absolute Gasteiger partial charge is 0.348 e. The normalized spacial score (nSPS) is 11.3. The van der Waals surface area contributed by atoms with Crippen molar-refractivity contribution < 1.29 is 0 Å². The Morgan fingerprint density at radius 1 is 0.467 bits per heavy atom. The molecule has 0 saturated heterocycles. The predicted octanol–water partition coefficient (Wildman–Crippen LogP) is 11.9. The molecule has 0 aliphatic carbocycles. The highest BCUT2D eigenvalue weighted by atomic mass is 15.1. The molecule has 2 heteroatoms. The predicted molar refractivity (Wildman–Crippen MR) is 194 cm³/mol. The Bertz CT molecular complexity index is 1840. The number of hydrogen-bond donors (Lipinski definition) is 0. The van der Waals surface area contributed by atoms with Crippen LogP contribution in [0.3, 0.4) is 0 Å². The monoisotopic (exact) mass is 584 g/mol. The minimum atomic E-state index is 0.963. The van der Waals surface area contributed by atoms with Crippen molar-refractivity contribution in [2.24, 2.45) is 0 Å². The minimum Gasteiger partial charge on any atom is -0.348 e. The Kier molecular flexibility index (Phi) is 9.22. The number of rotatable bonds is 10. The van der Waals surface area contributed by atoms with Crippen LogP contribution in [0, 0.1) is 0 Å². The summed E-state index contributed by atoms with van der Waals surface area (Å²) in [4.78, 5) is 4.62. The van der Waals surface area contributed by atoms with Crippen molar-refractivity contribution in [1.29, 1.82) is 0 Å². The minimum absolute atomic E-state index is 0.963. The van der Waals surface area contributed by atoms with Crippen LogP contribution >= 0.6 is 0 Å². The van der Waals surface area contributed by atoms with E-state index in [9.17, 15) is 0 Å². The number of aryl methyl sites for hydroxylation is 1. The van der Waals surface area contributed by atoms with Gasteiger partial charge in [-0.3, -0.25) is 0 Å². The average Bonchev–Trinajstić information content (AvgIpc) is 3.12. The first kappa shape index (κ1) is 29.7. The number of para-hydroxylation sites is 1. The first-order valence-corrected chi connectivity index (χ1v) is 15.9. The van der Waals surface area contributed by atoms with Gasteiger partial charge in [0.25, 0.3) is 0 Å². The molecule has 0 saturated carbocycles. The van der Waals surface area contributed by atoms with Crippen molar-refractivity contribution >= 4 is 28.8 Å². The van der Waals surface area contributed by atoms with Gasteiger partial charge in [-0.1, -0.05) is 123 Å². The van der Waals surface area contributed by atoms with E-state index in [0.717, 1.165) is 29.9 Å². The fraction of sp³-hybridized carbons (Fsp3) is 0.116. The highest BCUT2D eigenvalue weighted by Gasteiger charge is 2.13. The number of allylic oxidation sites excluding steroid dienone is 1. The number of benzene rings is 6. The van der Waals surface area contributed by atoms with Crippen LogP contribution in [-0.2, 0) is 6.42 Å². The summed E-state index contributed by atoms with van der Waals surface area (Å²) in [6.45, 7) is 4.44. The number of hydrogen-bond acceptors (Lipinski definition) is 2. The van der Waals surface area contributed by atoms with Crippen LogP contribution in [0.1, 0.15) is 31.4 Å². The van der Waals surface area contributed by atoms with Crippen molar-refractivity contribution in [2.45, 2.75) is 26.7 Å². The Morgan fingerprint density at radius 2 is 0.889 bits per heavy atom. The Morgan fingerprint density at radius 3 is 1.40 bits per heavy atom. The number of nitrogens with zero attached hydrogens (tertiary/aromatic N) is 2. The van der Waals surface area contributed by atoms with Gasteiger partial charge >= 0.3 is 0 Å². The highest BCUT2D eigenvalue weighted by Crippen LogP contribution is 2.37. The maximum absolute atomic E-state index is 2.33. The van der Waals surface area contributed by atoms with Crippen molar-refractivity contribution in [1.82, 2.24) is 0 Å². The topological polar surface area (TPSA) is 6.48 Å². The highest BCUT2D eigenvalue weighted by molar-refractivity contribution is 5.80. The molecule has 0 heterocycles. The zero-order valence-electron chi connectivity index (χ0n) is 26.4. The zero-order valence-corrected chi connectivity index (χ0v) is 26.4. The lowest BCUT2D eigenvalue weighted by Crippen LogP contribution is -2.15. The smallest absolute Gasteiger partial charge is 0.0462 e. The van der Waals surface area contributed by atoms with Crippen molar-refractivity contribution in [2.75, 3.05) is 16.8 Å². The van der Waals surface area contributed by atoms with Crippen LogP contribution in [0.5, 0.6) is 0 Å². The molecule has 0 aliphatic rings. The maximum atomic E-state index is 2.33. The summed E-state index contributed by atoms with van der Waals surface area (Å²) in [5.41, 5.74) is 13.4. The molecule has 2 nitrogen and oxygen atoms in total. The molecule has 0 spiro atoms. The molecule has 0 atom stereocenters. The van der Waals surface area contributed by atoms with E-state index in [0.29, 0.717) is 0 Å². The summed E-state index contributed by atoms with van der Waals surface area (Å²) in [6.07, 6.45) is 4.33. The lowest BCUT2D eigenvalue weighted by atomic mass is 10.0. The molecule has 222 valence electrons. The first-order valence-electron chi connectivity index (χ1n) is 15.9. The van der Waals surface area contributed by atoms with Crippen LogP contribution in [0.15, 0.2) is 163 Å². The summed E-state index contributed by atoms with van der Waals surface area (Å²) in [7, 11) is 2.16. The van der Waals surface area contributed by atoms with E-state index < -0.39 is 0 Å². The standard InChI is InChI=1S/C43H40N2/c1-4-33-14-12-13-17-38(33)32-39(5-2)44(3)40-26-20-36(21-27-40)37-24-30-43(31-25-37)45(41-18-10-7-11-19-41)42-28-22-35(23-29-42)34-15-8-6-9-16-34/h6-32H,4-5H2,1-3H3/b39-32+. The van der Waals surface area contributed by atoms with Gasteiger partial charge in [0, 0.05) is 35.5 Å². The van der Waals surface area contributed by atoms with E-state index in [1.54, 1.807) is 0 Å². The van der Waals surface area contributed by atoms with E-state index >= 15 is 0 Å². The van der Waals surface area contributed by atoms with Gasteiger partial charge < -0.3 is 9.80 Å². The molecule has 0 aliphatic heterocycles. The molecule has 0 bridgehead atoms. The quantitative estimate of drug-likeness (QED) is 0.158. The van der Waals surface area contributed by atoms with Crippen LogP contribution in [0.2, 0.25) is 0 Å². The van der Waals surface area contributed by atoms with Gasteiger partial charge in [0.1, 0.15) is 0 Å². The van der Waals surface area contributed by atoms with E-state index in [1.807, 2.05) is 0 Å². The SMILES string of the molecule is CC/C(=C\c1ccccc1CC)N(C)c1ccc(-c2ccc(N(c3ccccc3)c3ccc(-c4ccccc4)cc3)cc2)cc1. The molecule has 6 aromatic carbocycles.